The highest BCUT2D eigenvalue weighted by molar-refractivity contribution is 9.10. The van der Waals surface area contributed by atoms with Gasteiger partial charge in [0.2, 0.25) is 0 Å². The van der Waals surface area contributed by atoms with E-state index in [1.54, 1.807) is 24.8 Å². The molecule has 0 aliphatic carbocycles. The summed E-state index contributed by atoms with van der Waals surface area (Å²) in [4.78, 5) is 12.1. The van der Waals surface area contributed by atoms with Crippen molar-refractivity contribution in [2.24, 2.45) is 0 Å². The van der Waals surface area contributed by atoms with Crippen molar-refractivity contribution in [1.82, 2.24) is 15.0 Å². The Morgan fingerprint density at radius 1 is 1.06 bits per heavy atom. The van der Waals surface area contributed by atoms with Crippen LogP contribution in [0.5, 0.6) is 0 Å². The second kappa shape index (κ2) is 6.90. The van der Waals surface area contributed by atoms with Crippen molar-refractivity contribution in [3.8, 4) is 0 Å². The standard InChI is InChI=1S/C9H7BrN4.C2H6/c10-7-1-2-12-8(5-7)14-9-6-11-3-4-13-9;1-2/h1-6H,(H,12,13,14);1-2H3. The molecular weight excluding hydrogens is 268 g/mol. The zero-order valence-corrected chi connectivity index (χ0v) is 10.8. The predicted molar refractivity (Wildman–Crippen MR) is 68.6 cm³/mol. The van der Waals surface area contributed by atoms with E-state index < -0.39 is 0 Å². The third-order valence-corrected chi connectivity index (χ3v) is 2.03. The summed E-state index contributed by atoms with van der Waals surface area (Å²) in [5.41, 5.74) is 0. The minimum atomic E-state index is 0.679. The van der Waals surface area contributed by atoms with E-state index in [1.807, 2.05) is 26.0 Å². The predicted octanol–water partition coefficient (Wildman–Crippen LogP) is 3.40. The van der Waals surface area contributed by atoms with Gasteiger partial charge in [-0.1, -0.05) is 29.8 Å². The number of hydrogen-bond donors (Lipinski definition) is 1. The average Bonchev–Trinajstić information content (AvgIpc) is 2.33. The largest absolute Gasteiger partial charge is 0.324 e. The highest BCUT2D eigenvalue weighted by Crippen LogP contribution is 2.15. The summed E-state index contributed by atoms with van der Waals surface area (Å²) < 4.78 is 0.971. The van der Waals surface area contributed by atoms with Crippen molar-refractivity contribution < 1.29 is 0 Å². The van der Waals surface area contributed by atoms with Crippen LogP contribution in [0.1, 0.15) is 13.8 Å². The monoisotopic (exact) mass is 280 g/mol. The Kier molecular flexibility index (Phi) is 5.42. The molecule has 0 aliphatic rings. The van der Waals surface area contributed by atoms with Crippen LogP contribution in [-0.2, 0) is 0 Å². The number of nitrogens with one attached hydrogen (secondary N) is 1. The van der Waals surface area contributed by atoms with Crippen LogP contribution < -0.4 is 5.32 Å². The minimum Gasteiger partial charge on any atom is -0.324 e. The first-order chi connectivity index (χ1) is 7.84. The van der Waals surface area contributed by atoms with Crippen molar-refractivity contribution in [3.63, 3.8) is 0 Å². The van der Waals surface area contributed by atoms with Crippen LogP contribution in [0.4, 0.5) is 11.6 Å². The summed E-state index contributed by atoms with van der Waals surface area (Å²) in [6.07, 6.45) is 6.60. The van der Waals surface area contributed by atoms with Crippen LogP contribution in [0.25, 0.3) is 0 Å². The number of halogens is 1. The first-order valence-corrected chi connectivity index (χ1v) is 5.78. The fraction of sp³-hybridized carbons (Fsp3) is 0.182. The molecule has 1 N–H and O–H groups in total. The summed E-state index contributed by atoms with van der Waals surface area (Å²) in [6.45, 7) is 4.00. The normalized spacial score (nSPS) is 8.94. The van der Waals surface area contributed by atoms with Gasteiger partial charge in [-0.3, -0.25) is 4.98 Å². The second-order valence-corrected chi connectivity index (χ2v) is 3.49. The molecule has 4 nitrogen and oxygen atoms in total. The van der Waals surface area contributed by atoms with E-state index in [-0.39, 0.29) is 0 Å². The lowest BCUT2D eigenvalue weighted by atomic mass is 10.4. The first kappa shape index (κ1) is 12.6. The van der Waals surface area contributed by atoms with Gasteiger partial charge in [-0.25, -0.2) is 9.97 Å². The maximum Gasteiger partial charge on any atom is 0.150 e. The molecule has 16 heavy (non-hydrogen) atoms. The van der Waals surface area contributed by atoms with E-state index >= 15 is 0 Å². The molecule has 0 atom stereocenters. The molecule has 2 aromatic heterocycles. The van der Waals surface area contributed by atoms with Crippen LogP contribution in [0.15, 0.2) is 41.4 Å². The van der Waals surface area contributed by atoms with Crippen LogP contribution >= 0.6 is 15.9 Å². The van der Waals surface area contributed by atoms with Gasteiger partial charge in [0, 0.05) is 23.1 Å². The van der Waals surface area contributed by atoms with Crippen molar-refractivity contribution >= 4 is 27.6 Å². The Balaban J connectivity index is 0.000000606. The summed E-state index contributed by atoms with van der Waals surface area (Å²) in [5.74, 6) is 1.41. The molecule has 0 saturated carbocycles. The van der Waals surface area contributed by atoms with Crippen LogP contribution in [0.3, 0.4) is 0 Å². The summed E-state index contributed by atoms with van der Waals surface area (Å²) in [5, 5.41) is 3.03. The van der Waals surface area contributed by atoms with Crippen molar-refractivity contribution in [1.29, 1.82) is 0 Å². The lowest BCUT2D eigenvalue weighted by molar-refractivity contribution is 1.18. The lowest BCUT2D eigenvalue weighted by Gasteiger charge is -2.02. The topological polar surface area (TPSA) is 50.7 Å². The van der Waals surface area contributed by atoms with Gasteiger partial charge in [0.25, 0.3) is 0 Å². The molecule has 5 heteroatoms. The SMILES string of the molecule is Brc1ccnc(Nc2cnccn2)c1.CC. The second-order valence-electron chi connectivity index (χ2n) is 2.57. The van der Waals surface area contributed by atoms with E-state index in [9.17, 15) is 0 Å². The van der Waals surface area contributed by atoms with E-state index in [2.05, 4.69) is 36.2 Å². The van der Waals surface area contributed by atoms with Gasteiger partial charge < -0.3 is 5.32 Å². The number of anilines is 2. The van der Waals surface area contributed by atoms with Crippen LogP contribution in [-0.4, -0.2) is 15.0 Å². The quantitative estimate of drug-likeness (QED) is 0.916. The van der Waals surface area contributed by atoms with E-state index in [1.165, 1.54) is 0 Å². The number of pyridine rings is 1. The number of aromatic nitrogens is 3. The van der Waals surface area contributed by atoms with Gasteiger partial charge in [-0.05, 0) is 12.1 Å². The van der Waals surface area contributed by atoms with Gasteiger partial charge in [0.1, 0.15) is 11.6 Å². The Labute approximate surface area is 103 Å². The fourth-order valence-corrected chi connectivity index (χ4v) is 1.30. The highest BCUT2D eigenvalue weighted by atomic mass is 79.9. The third kappa shape index (κ3) is 3.94. The smallest absolute Gasteiger partial charge is 0.150 e. The zero-order valence-electron chi connectivity index (χ0n) is 9.18. The van der Waals surface area contributed by atoms with Crippen LogP contribution in [0, 0.1) is 0 Å². The Morgan fingerprint density at radius 3 is 2.44 bits per heavy atom. The molecular formula is C11H13BrN4. The Hall–Kier alpha value is -1.49. The summed E-state index contributed by atoms with van der Waals surface area (Å²) in [6, 6.07) is 3.73. The maximum absolute atomic E-state index is 4.13. The highest BCUT2D eigenvalue weighted by Gasteiger charge is 1.96. The molecule has 2 heterocycles. The molecule has 0 saturated heterocycles. The molecule has 0 amide bonds. The molecule has 0 bridgehead atoms. The Morgan fingerprint density at radius 2 is 1.81 bits per heavy atom. The molecule has 0 unspecified atom stereocenters. The lowest BCUT2D eigenvalue weighted by Crippen LogP contribution is -1.95. The van der Waals surface area contributed by atoms with E-state index in [4.69, 9.17) is 0 Å². The van der Waals surface area contributed by atoms with Gasteiger partial charge in [-0.15, -0.1) is 0 Å². The first-order valence-electron chi connectivity index (χ1n) is 4.99. The summed E-state index contributed by atoms with van der Waals surface area (Å²) in [7, 11) is 0. The number of rotatable bonds is 2. The van der Waals surface area contributed by atoms with E-state index in [0.29, 0.717) is 5.82 Å². The Bertz CT molecular complexity index is 419. The van der Waals surface area contributed by atoms with Crippen LogP contribution in [0.2, 0.25) is 0 Å². The molecule has 0 aromatic carbocycles. The number of nitrogens with zero attached hydrogens (tertiary/aromatic N) is 3. The van der Waals surface area contributed by atoms with E-state index in [0.717, 1.165) is 10.3 Å². The van der Waals surface area contributed by atoms with Crippen molar-refractivity contribution in [2.75, 3.05) is 5.32 Å². The molecule has 84 valence electrons. The van der Waals surface area contributed by atoms with Crippen molar-refractivity contribution in [2.45, 2.75) is 13.8 Å². The minimum absolute atomic E-state index is 0.679. The average molecular weight is 281 g/mol. The van der Waals surface area contributed by atoms with Crippen molar-refractivity contribution in [3.05, 3.63) is 41.4 Å². The molecule has 0 aliphatic heterocycles. The maximum atomic E-state index is 4.13. The van der Waals surface area contributed by atoms with Gasteiger partial charge >= 0.3 is 0 Å². The number of hydrogen-bond acceptors (Lipinski definition) is 4. The molecule has 2 aromatic rings. The molecule has 0 spiro atoms. The van der Waals surface area contributed by atoms with Gasteiger partial charge in [0.05, 0.1) is 6.20 Å². The summed E-state index contributed by atoms with van der Waals surface area (Å²) >= 11 is 3.36. The third-order valence-electron chi connectivity index (χ3n) is 1.54. The zero-order chi connectivity index (χ0) is 11.8. The fourth-order valence-electron chi connectivity index (χ4n) is 0.968. The molecule has 0 fully saturated rings. The molecule has 2 rings (SSSR count). The van der Waals surface area contributed by atoms with Gasteiger partial charge in [-0.2, -0.15) is 0 Å². The molecule has 0 radical (unpaired) electrons. The van der Waals surface area contributed by atoms with Gasteiger partial charge in [0.15, 0.2) is 0 Å².